The van der Waals surface area contributed by atoms with Crippen LogP contribution < -0.4 is 15.1 Å². The molecule has 5 nitrogen and oxygen atoms in total. The number of anilines is 2. The summed E-state index contributed by atoms with van der Waals surface area (Å²) in [6, 6.07) is 3.53. The molecule has 100 valence electrons. The van der Waals surface area contributed by atoms with E-state index in [9.17, 15) is 9.59 Å². The first-order chi connectivity index (χ1) is 9.02. The molecule has 1 N–H and O–H groups in total. The van der Waals surface area contributed by atoms with E-state index in [4.69, 9.17) is 0 Å². The van der Waals surface area contributed by atoms with E-state index in [2.05, 4.69) is 5.32 Å². The number of fused-ring (bicyclic) bond motifs is 3. The largest absolute Gasteiger partial charge is 0.311 e. The zero-order valence-electron chi connectivity index (χ0n) is 11.4. The fourth-order valence-electron chi connectivity index (χ4n) is 2.90. The molecule has 2 heterocycles. The molecule has 0 radical (unpaired) electrons. The third-order valence-electron chi connectivity index (χ3n) is 4.09. The van der Waals surface area contributed by atoms with E-state index in [1.165, 1.54) is 0 Å². The van der Waals surface area contributed by atoms with Gasteiger partial charge in [-0.25, -0.2) is 0 Å². The Labute approximate surface area is 112 Å². The van der Waals surface area contributed by atoms with E-state index in [-0.39, 0.29) is 11.8 Å². The second kappa shape index (κ2) is 4.06. The van der Waals surface area contributed by atoms with Gasteiger partial charge >= 0.3 is 0 Å². The van der Waals surface area contributed by atoms with Gasteiger partial charge in [0.1, 0.15) is 6.04 Å². The average Bonchev–Trinajstić information content (AvgIpc) is 2.39. The Hall–Kier alpha value is -1.88. The van der Waals surface area contributed by atoms with Crippen molar-refractivity contribution in [1.29, 1.82) is 0 Å². The van der Waals surface area contributed by atoms with Gasteiger partial charge in [-0.2, -0.15) is 0 Å². The zero-order valence-corrected chi connectivity index (χ0v) is 11.4. The fourth-order valence-corrected chi connectivity index (χ4v) is 2.90. The third kappa shape index (κ3) is 1.58. The van der Waals surface area contributed by atoms with Gasteiger partial charge in [-0.15, -0.1) is 0 Å². The van der Waals surface area contributed by atoms with Crippen molar-refractivity contribution in [2.75, 3.05) is 29.9 Å². The molecule has 1 unspecified atom stereocenters. The van der Waals surface area contributed by atoms with Crippen molar-refractivity contribution >= 4 is 23.2 Å². The molecule has 0 spiro atoms. The van der Waals surface area contributed by atoms with Crippen LogP contribution in [-0.4, -0.2) is 38.0 Å². The lowest BCUT2D eigenvalue weighted by molar-refractivity contribution is -0.126. The number of nitrogens with zero attached hydrogens (tertiary/aromatic N) is 2. The van der Waals surface area contributed by atoms with Gasteiger partial charge in [-0.1, -0.05) is 6.07 Å². The molecule has 0 saturated carbocycles. The lowest BCUT2D eigenvalue weighted by atomic mass is 9.98. The summed E-state index contributed by atoms with van der Waals surface area (Å²) in [5.41, 5.74) is 3.88. The summed E-state index contributed by atoms with van der Waals surface area (Å²) in [4.78, 5) is 27.9. The standard InChI is InChI=1S/C14H17N3O2/c1-8-4-5-10-13(9(8)2)16(3)14(19)11-6-15-7-12(18)17(10)11/h4-5,11,15H,6-7H2,1-3H3. The normalized spacial score (nSPS) is 22.4. The van der Waals surface area contributed by atoms with Crippen LogP contribution in [0.15, 0.2) is 12.1 Å². The first kappa shape index (κ1) is 12.2. The Kier molecular flexibility index (Phi) is 2.60. The Morgan fingerprint density at radius 3 is 2.74 bits per heavy atom. The maximum atomic E-state index is 12.4. The van der Waals surface area contributed by atoms with E-state index >= 15 is 0 Å². The van der Waals surface area contributed by atoms with Crippen LogP contribution in [0.5, 0.6) is 0 Å². The van der Waals surface area contributed by atoms with Crippen LogP contribution in [0.4, 0.5) is 11.4 Å². The molecule has 1 fully saturated rings. The monoisotopic (exact) mass is 259 g/mol. The number of amides is 2. The topological polar surface area (TPSA) is 52.7 Å². The first-order valence-electron chi connectivity index (χ1n) is 6.43. The summed E-state index contributed by atoms with van der Waals surface area (Å²) in [6.07, 6.45) is 0. The van der Waals surface area contributed by atoms with Crippen molar-refractivity contribution in [3.05, 3.63) is 23.3 Å². The van der Waals surface area contributed by atoms with E-state index in [0.29, 0.717) is 13.1 Å². The van der Waals surface area contributed by atoms with Crippen molar-refractivity contribution in [3.63, 3.8) is 0 Å². The predicted molar refractivity (Wildman–Crippen MR) is 73.5 cm³/mol. The van der Waals surface area contributed by atoms with Crippen LogP contribution in [0.3, 0.4) is 0 Å². The molecule has 3 rings (SSSR count). The van der Waals surface area contributed by atoms with Crippen molar-refractivity contribution < 1.29 is 9.59 Å². The number of carbonyl (C=O) groups excluding carboxylic acids is 2. The number of hydrogen-bond acceptors (Lipinski definition) is 3. The predicted octanol–water partition coefficient (Wildman–Crippen LogP) is 0.585. The summed E-state index contributed by atoms with van der Waals surface area (Å²) < 4.78 is 0. The van der Waals surface area contributed by atoms with Crippen molar-refractivity contribution in [3.8, 4) is 0 Å². The van der Waals surface area contributed by atoms with E-state index in [1.807, 2.05) is 26.0 Å². The number of rotatable bonds is 0. The van der Waals surface area contributed by atoms with Crippen molar-refractivity contribution in [2.24, 2.45) is 0 Å². The Balaban J connectivity index is 2.23. The number of nitrogens with one attached hydrogen (secondary N) is 1. The number of likely N-dealkylation sites (N-methyl/N-ethyl adjacent to an activating group) is 1. The Morgan fingerprint density at radius 1 is 1.26 bits per heavy atom. The summed E-state index contributed by atoms with van der Waals surface area (Å²) in [5.74, 6) is -0.0658. The third-order valence-corrected chi connectivity index (χ3v) is 4.09. The minimum atomic E-state index is -0.416. The highest BCUT2D eigenvalue weighted by molar-refractivity contribution is 6.14. The molecular weight excluding hydrogens is 242 g/mol. The van der Waals surface area contributed by atoms with Crippen LogP contribution in [0.25, 0.3) is 0 Å². The second-order valence-electron chi connectivity index (χ2n) is 5.18. The number of hydrogen-bond donors (Lipinski definition) is 1. The van der Waals surface area contributed by atoms with Gasteiger partial charge in [0, 0.05) is 13.6 Å². The number of carbonyl (C=O) groups is 2. The molecule has 0 aliphatic carbocycles. The Morgan fingerprint density at radius 2 is 2.00 bits per heavy atom. The minimum Gasteiger partial charge on any atom is -0.311 e. The maximum Gasteiger partial charge on any atom is 0.251 e. The van der Waals surface area contributed by atoms with Gasteiger partial charge in [0.25, 0.3) is 5.91 Å². The van der Waals surface area contributed by atoms with Crippen LogP contribution in [-0.2, 0) is 9.59 Å². The molecular formula is C14H17N3O2. The number of benzene rings is 1. The van der Waals surface area contributed by atoms with E-state index in [0.717, 1.165) is 22.5 Å². The van der Waals surface area contributed by atoms with Crippen LogP contribution >= 0.6 is 0 Å². The van der Waals surface area contributed by atoms with Crippen LogP contribution in [0.2, 0.25) is 0 Å². The van der Waals surface area contributed by atoms with E-state index < -0.39 is 6.04 Å². The highest BCUT2D eigenvalue weighted by Gasteiger charge is 2.42. The lowest BCUT2D eigenvalue weighted by Gasteiger charge is -2.43. The van der Waals surface area contributed by atoms with Gasteiger partial charge in [0.2, 0.25) is 5.91 Å². The molecule has 2 aliphatic heterocycles. The molecule has 0 aromatic heterocycles. The average molecular weight is 259 g/mol. The highest BCUT2D eigenvalue weighted by Crippen LogP contribution is 2.39. The smallest absolute Gasteiger partial charge is 0.251 e. The number of aryl methyl sites for hydroxylation is 1. The molecule has 5 heteroatoms. The first-order valence-corrected chi connectivity index (χ1v) is 6.43. The van der Waals surface area contributed by atoms with Gasteiger partial charge < -0.3 is 10.2 Å². The number of piperazine rings is 1. The van der Waals surface area contributed by atoms with Gasteiger partial charge in [-0.05, 0) is 31.0 Å². The van der Waals surface area contributed by atoms with Gasteiger partial charge in [0.05, 0.1) is 17.9 Å². The lowest BCUT2D eigenvalue weighted by Crippen LogP contribution is -2.63. The second-order valence-corrected chi connectivity index (χ2v) is 5.18. The summed E-state index contributed by atoms with van der Waals surface area (Å²) in [5, 5.41) is 3.00. The zero-order chi connectivity index (χ0) is 13.7. The van der Waals surface area contributed by atoms with Crippen LogP contribution in [0, 0.1) is 13.8 Å². The van der Waals surface area contributed by atoms with E-state index in [1.54, 1.807) is 16.8 Å². The van der Waals surface area contributed by atoms with Gasteiger partial charge in [-0.3, -0.25) is 14.5 Å². The summed E-state index contributed by atoms with van der Waals surface area (Å²) in [7, 11) is 1.78. The molecule has 1 saturated heterocycles. The molecule has 19 heavy (non-hydrogen) atoms. The maximum absolute atomic E-state index is 12.4. The molecule has 1 aromatic carbocycles. The molecule has 2 amide bonds. The molecule has 2 aliphatic rings. The molecule has 0 bridgehead atoms. The highest BCUT2D eigenvalue weighted by atomic mass is 16.2. The Bertz CT molecular complexity index is 582. The van der Waals surface area contributed by atoms with Crippen molar-refractivity contribution in [2.45, 2.75) is 19.9 Å². The quantitative estimate of drug-likeness (QED) is 0.741. The minimum absolute atomic E-state index is 0.0262. The molecule has 1 aromatic rings. The summed E-state index contributed by atoms with van der Waals surface area (Å²) >= 11 is 0. The molecule has 1 atom stereocenters. The SMILES string of the molecule is Cc1ccc2c(c1C)N(C)C(=O)C1CNCC(=O)N21. The van der Waals surface area contributed by atoms with Crippen molar-refractivity contribution in [1.82, 2.24) is 5.32 Å². The van der Waals surface area contributed by atoms with Crippen LogP contribution in [0.1, 0.15) is 11.1 Å². The van der Waals surface area contributed by atoms with Gasteiger partial charge in [0.15, 0.2) is 0 Å². The fraction of sp³-hybridized carbons (Fsp3) is 0.429. The summed E-state index contributed by atoms with van der Waals surface area (Å²) in [6.45, 7) is 4.81.